The Labute approximate surface area is 260 Å². The number of aliphatic hydroxyl groups is 1. The number of ether oxygens (including phenoxy) is 1. The molecule has 2 aliphatic carbocycles. The van der Waals surface area contributed by atoms with E-state index in [2.05, 4.69) is 17.0 Å². The second-order valence-corrected chi connectivity index (χ2v) is 13.1. The van der Waals surface area contributed by atoms with Gasteiger partial charge in [0.1, 0.15) is 6.10 Å². The Morgan fingerprint density at radius 1 is 1.13 bits per heavy atom. The van der Waals surface area contributed by atoms with Crippen molar-refractivity contribution in [2.45, 2.75) is 68.0 Å². The van der Waals surface area contributed by atoms with E-state index in [1.165, 1.54) is 29.8 Å². The fourth-order valence-corrected chi connectivity index (χ4v) is 8.85. The smallest absolute Gasteiger partial charge is 0.416 e. The van der Waals surface area contributed by atoms with Gasteiger partial charge < -0.3 is 19.8 Å². The molecule has 6 atom stereocenters. The molecule has 6 nitrogen and oxygen atoms in total. The molecule has 2 bridgehead atoms. The first-order valence-corrected chi connectivity index (χ1v) is 15.6. The summed E-state index contributed by atoms with van der Waals surface area (Å²) in [4.78, 5) is 17.6. The molecule has 2 N–H and O–H groups in total. The maximum atomic E-state index is 13.6. The predicted octanol–water partition coefficient (Wildman–Crippen LogP) is 5.59. The van der Waals surface area contributed by atoms with Crippen molar-refractivity contribution in [1.82, 2.24) is 9.80 Å². The van der Waals surface area contributed by atoms with Gasteiger partial charge in [-0.05, 0) is 79.1 Å². The van der Waals surface area contributed by atoms with Crippen molar-refractivity contribution >= 4 is 12.0 Å². The van der Waals surface area contributed by atoms with Crippen LogP contribution in [0.4, 0.5) is 13.2 Å². The molecule has 1 amide bonds. The van der Waals surface area contributed by atoms with E-state index in [1.54, 1.807) is 18.0 Å². The van der Waals surface area contributed by atoms with Gasteiger partial charge >= 0.3 is 6.18 Å². The number of likely N-dealkylation sites (N-methyl/N-ethyl adjacent to an activating group) is 1. The van der Waals surface area contributed by atoms with Crippen LogP contribution in [0, 0.1) is 5.92 Å². The second kappa shape index (κ2) is 10.6. The number of carbonyl (C=O) groups is 1. The molecule has 9 heteroatoms. The Morgan fingerprint density at radius 2 is 1.91 bits per heavy atom. The van der Waals surface area contributed by atoms with Gasteiger partial charge in [-0.2, -0.15) is 13.2 Å². The van der Waals surface area contributed by atoms with Crippen LogP contribution in [0.15, 0.2) is 72.8 Å². The Bertz CT molecular complexity index is 1660. The van der Waals surface area contributed by atoms with E-state index in [0.29, 0.717) is 25.0 Å². The molecular formula is C36H37F3N2O4. The first-order valence-electron chi connectivity index (χ1n) is 15.6. The van der Waals surface area contributed by atoms with Crippen LogP contribution in [-0.4, -0.2) is 69.8 Å². The number of hydrogen-bond donors (Lipinski definition) is 2. The highest BCUT2D eigenvalue weighted by atomic mass is 19.4. The number of phenolic OH excluding ortho intramolecular Hbond substituents is 1. The number of carbonyl (C=O) groups excluding carboxylic acids is 1. The Morgan fingerprint density at radius 3 is 2.67 bits per heavy atom. The van der Waals surface area contributed by atoms with Crippen molar-refractivity contribution in [3.8, 4) is 11.5 Å². The number of piperidine rings is 1. The summed E-state index contributed by atoms with van der Waals surface area (Å²) >= 11 is 0. The second-order valence-electron chi connectivity index (χ2n) is 13.1. The van der Waals surface area contributed by atoms with Crippen LogP contribution in [0.2, 0.25) is 0 Å². The fraction of sp³-hybridized carbons (Fsp3) is 0.417. The van der Waals surface area contributed by atoms with Crippen LogP contribution < -0.4 is 4.74 Å². The van der Waals surface area contributed by atoms with Gasteiger partial charge in [0.2, 0.25) is 5.91 Å². The number of rotatable bonds is 6. The first-order chi connectivity index (χ1) is 21.4. The molecule has 0 radical (unpaired) electrons. The predicted molar refractivity (Wildman–Crippen MR) is 164 cm³/mol. The third-order valence-corrected chi connectivity index (χ3v) is 11.0. The number of aromatic hydroxyl groups is 1. The highest BCUT2D eigenvalue weighted by Gasteiger charge is 2.75. The summed E-state index contributed by atoms with van der Waals surface area (Å²) in [7, 11) is 1.68. The van der Waals surface area contributed by atoms with E-state index in [9.17, 15) is 28.2 Å². The molecule has 1 spiro atoms. The summed E-state index contributed by atoms with van der Waals surface area (Å²) in [6.45, 7) is 3.58. The molecule has 4 aliphatic rings. The fourth-order valence-electron chi connectivity index (χ4n) is 8.85. The number of alkyl halides is 3. The molecule has 45 heavy (non-hydrogen) atoms. The number of hydrogen-bond acceptors (Lipinski definition) is 5. The maximum absolute atomic E-state index is 13.6. The molecule has 236 valence electrons. The van der Waals surface area contributed by atoms with Gasteiger partial charge in [0, 0.05) is 31.3 Å². The summed E-state index contributed by atoms with van der Waals surface area (Å²) in [5, 5.41) is 24.0. The zero-order valence-corrected chi connectivity index (χ0v) is 25.3. The molecule has 3 aromatic carbocycles. The number of amides is 1. The van der Waals surface area contributed by atoms with Gasteiger partial charge in [-0.1, -0.05) is 55.5 Å². The average Bonchev–Trinajstić information content (AvgIpc) is 3.38. The minimum absolute atomic E-state index is 0.0228. The van der Waals surface area contributed by atoms with E-state index < -0.39 is 34.9 Å². The zero-order chi connectivity index (χ0) is 31.7. The zero-order valence-electron chi connectivity index (χ0n) is 25.3. The normalized spacial score (nSPS) is 30.2. The van der Waals surface area contributed by atoms with Gasteiger partial charge in [0.05, 0.1) is 22.6 Å². The highest BCUT2D eigenvalue weighted by Crippen LogP contribution is 2.67. The average molecular weight is 619 g/mol. The van der Waals surface area contributed by atoms with Crippen LogP contribution in [0.25, 0.3) is 6.08 Å². The quantitative estimate of drug-likeness (QED) is 0.353. The van der Waals surface area contributed by atoms with Crippen LogP contribution in [0.5, 0.6) is 11.5 Å². The van der Waals surface area contributed by atoms with E-state index in [4.69, 9.17) is 4.74 Å². The molecule has 1 saturated heterocycles. The van der Waals surface area contributed by atoms with Crippen molar-refractivity contribution in [3.63, 3.8) is 0 Å². The number of nitrogens with zero attached hydrogens (tertiary/aromatic N) is 2. The number of benzene rings is 3. The summed E-state index contributed by atoms with van der Waals surface area (Å²) in [6.07, 6.45) is 0.172. The van der Waals surface area contributed by atoms with Crippen LogP contribution in [-0.2, 0) is 29.2 Å². The molecule has 2 fully saturated rings. The summed E-state index contributed by atoms with van der Waals surface area (Å²) in [5.74, 6) is -0.166. The topological polar surface area (TPSA) is 73.2 Å². The van der Waals surface area contributed by atoms with Crippen LogP contribution in [0.3, 0.4) is 0 Å². The van der Waals surface area contributed by atoms with E-state index in [0.717, 1.165) is 42.8 Å². The summed E-state index contributed by atoms with van der Waals surface area (Å²) < 4.78 is 46.3. The van der Waals surface area contributed by atoms with Crippen molar-refractivity contribution in [3.05, 3.63) is 101 Å². The van der Waals surface area contributed by atoms with Gasteiger partial charge in [-0.3, -0.25) is 9.69 Å². The van der Waals surface area contributed by atoms with Crippen molar-refractivity contribution in [2.24, 2.45) is 5.92 Å². The highest BCUT2D eigenvalue weighted by molar-refractivity contribution is 5.92. The molecule has 2 aliphatic heterocycles. The molecule has 0 aromatic heterocycles. The van der Waals surface area contributed by atoms with Crippen LogP contribution >= 0.6 is 0 Å². The number of likely N-dealkylation sites (tertiary alicyclic amines) is 1. The summed E-state index contributed by atoms with van der Waals surface area (Å²) in [6, 6.07) is 18.2. The molecule has 7 rings (SSSR count). The van der Waals surface area contributed by atoms with E-state index in [-0.39, 0.29) is 29.2 Å². The summed E-state index contributed by atoms with van der Waals surface area (Å²) in [5.41, 5.74) is 0.664. The Hall–Kier alpha value is -3.82. The third-order valence-electron chi connectivity index (χ3n) is 11.0. The van der Waals surface area contributed by atoms with Crippen molar-refractivity contribution in [2.75, 3.05) is 20.1 Å². The molecular weight excluding hydrogens is 581 g/mol. The van der Waals surface area contributed by atoms with Crippen LogP contribution in [0.1, 0.15) is 47.6 Å². The standard InChI is InChI=1S/C36H37F3N2O4/c1-22-19-27(40(2)30(43)14-11-24-9-6-10-26(20-24)36(37,38)39)33-34-16-18-41(17-15-23-7-4-3-5-8-23)29(35(22,34)44)21-25-12-13-28(42)32(45-33)31(25)34/h3-14,20,22,27,29,33,42,44H,15-19,21H2,1-2H3/t22-,27+,29+,33+,34-,35+/m0/s1. The number of halogens is 3. The molecule has 3 aromatic rings. The first kappa shape index (κ1) is 29.9. The lowest BCUT2D eigenvalue weighted by atomic mass is 9.45. The van der Waals surface area contributed by atoms with Gasteiger partial charge in [-0.25, -0.2) is 0 Å². The lowest BCUT2D eigenvalue weighted by Crippen LogP contribution is -2.80. The molecule has 0 unspecified atom stereocenters. The Balaban J connectivity index is 1.21. The lowest BCUT2D eigenvalue weighted by molar-refractivity contribution is -0.224. The SMILES string of the molecule is C[C@H]1C[C@@H](N(C)C(=O)C=Cc2cccc(C(F)(F)F)c2)[C@H]2Oc3c(O)ccc4c3[C@@]23CCN(CCc2ccccc2)[C@H](C4)[C@]13O. The minimum atomic E-state index is -4.48. The maximum Gasteiger partial charge on any atom is 0.416 e. The largest absolute Gasteiger partial charge is 0.504 e. The molecule has 2 heterocycles. The van der Waals surface area contributed by atoms with Gasteiger partial charge in [0.25, 0.3) is 0 Å². The van der Waals surface area contributed by atoms with Gasteiger partial charge in [-0.15, -0.1) is 0 Å². The number of phenols is 1. The van der Waals surface area contributed by atoms with Crippen molar-refractivity contribution < 1.29 is 32.9 Å². The van der Waals surface area contributed by atoms with Crippen molar-refractivity contribution in [1.29, 1.82) is 0 Å². The molecule has 1 saturated carbocycles. The van der Waals surface area contributed by atoms with E-state index >= 15 is 0 Å². The monoisotopic (exact) mass is 618 g/mol. The van der Waals surface area contributed by atoms with Gasteiger partial charge in [0.15, 0.2) is 11.5 Å². The third kappa shape index (κ3) is 4.49. The minimum Gasteiger partial charge on any atom is -0.504 e. The lowest BCUT2D eigenvalue weighted by Gasteiger charge is -2.66. The van der Waals surface area contributed by atoms with E-state index in [1.807, 2.05) is 31.2 Å². The Kier molecular flexibility index (Phi) is 7.05.